The molecule has 0 spiro atoms. The Morgan fingerprint density at radius 1 is 1.12 bits per heavy atom. The minimum Gasteiger partial charge on any atom is -0.458 e. The summed E-state index contributed by atoms with van der Waals surface area (Å²) in [5.74, 6) is 1.89. The molecule has 17 heavy (non-hydrogen) atoms. The van der Waals surface area contributed by atoms with E-state index in [-0.39, 0.29) is 5.41 Å². The van der Waals surface area contributed by atoms with E-state index in [1.807, 2.05) is 12.1 Å². The second-order valence-electron chi connectivity index (χ2n) is 5.47. The van der Waals surface area contributed by atoms with Gasteiger partial charge < -0.3 is 4.74 Å². The van der Waals surface area contributed by atoms with Gasteiger partial charge in [-0.15, -0.1) is 0 Å². The quantitative estimate of drug-likeness (QED) is 0.719. The van der Waals surface area contributed by atoms with Crippen molar-refractivity contribution < 1.29 is 4.74 Å². The Labute approximate surface area is 104 Å². The fraction of sp³-hybridized carbons (Fsp3) is 0.375. The molecule has 0 saturated carbocycles. The van der Waals surface area contributed by atoms with Gasteiger partial charge in [-0.25, -0.2) is 0 Å². The van der Waals surface area contributed by atoms with E-state index in [1.54, 1.807) is 0 Å². The summed E-state index contributed by atoms with van der Waals surface area (Å²) in [5.41, 5.74) is 1.46. The second-order valence-corrected chi connectivity index (χ2v) is 5.47. The van der Waals surface area contributed by atoms with Crippen molar-refractivity contribution in [3.63, 3.8) is 0 Å². The first kappa shape index (κ1) is 12.0. The van der Waals surface area contributed by atoms with Crippen molar-refractivity contribution in [1.29, 1.82) is 0 Å². The summed E-state index contributed by atoms with van der Waals surface area (Å²) in [5, 5.41) is 0. The summed E-state index contributed by atoms with van der Waals surface area (Å²) >= 11 is 0. The zero-order valence-electron chi connectivity index (χ0n) is 10.9. The highest BCUT2D eigenvalue weighted by molar-refractivity contribution is 5.35. The molecular weight excluding hydrogens is 208 g/mol. The number of hydrogen-bond donors (Lipinski definition) is 0. The lowest BCUT2D eigenvalue weighted by Crippen LogP contribution is -2.10. The number of rotatable bonds is 2. The van der Waals surface area contributed by atoms with Crippen LogP contribution < -0.4 is 4.74 Å². The van der Waals surface area contributed by atoms with E-state index in [4.69, 9.17) is 4.74 Å². The van der Waals surface area contributed by atoms with Gasteiger partial charge in [0.2, 0.25) is 0 Å². The first-order chi connectivity index (χ1) is 8.05. The number of allylic oxidation sites excluding steroid dienone is 3. The average Bonchev–Trinajstić information content (AvgIpc) is 2.29. The Morgan fingerprint density at radius 2 is 1.94 bits per heavy atom. The summed E-state index contributed by atoms with van der Waals surface area (Å²) in [6.45, 7) is 6.64. The molecule has 1 aromatic rings. The third-order valence-corrected chi connectivity index (χ3v) is 2.90. The summed E-state index contributed by atoms with van der Waals surface area (Å²) < 4.78 is 5.87. The van der Waals surface area contributed by atoms with Gasteiger partial charge in [0, 0.05) is 0 Å². The highest BCUT2D eigenvalue weighted by Gasteiger charge is 2.14. The predicted octanol–water partition coefficient (Wildman–Crippen LogP) is 4.60. The van der Waals surface area contributed by atoms with Crippen molar-refractivity contribution in [3.05, 3.63) is 53.8 Å². The van der Waals surface area contributed by atoms with Crippen molar-refractivity contribution in [3.8, 4) is 5.75 Å². The highest BCUT2D eigenvalue weighted by atomic mass is 16.5. The molecule has 90 valence electrons. The Balaban J connectivity index is 2.17. The van der Waals surface area contributed by atoms with Crippen LogP contribution in [0.15, 0.2) is 48.3 Å². The van der Waals surface area contributed by atoms with Gasteiger partial charge >= 0.3 is 0 Å². The lowest BCUT2D eigenvalue weighted by atomic mass is 9.87. The minimum atomic E-state index is 0.163. The Bertz CT molecular complexity index is 447. The topological polar surface area (TPSA) is 9.23 Å². The molecule has 0 amide bonds. The summed E-state index contributed by atoms with van der Waals surface area (Å²) in [6, 6.07) is 8.35. The van der Waals surface area contributed by atoms with Crippen LogP contribution in [0.25, 0.3) is 0 Å². The standard InChI is InChI=1S/C16H20O/c1-16(2,3)13-8-7-11-15(12-13)17-14-9-5-4-6-10-14/h5,7-12H,4,6H2,1-3H3. The molecule has 1 nitrogen and oxygen atoms in total. The maximum Gasteiger partial charge on any atom is 0.127 e. The minimum absolute atomic E-state index is 0.163. The van der Waals surface area contributed by atoms with Crippen LogP contribution >= 0.6 is 0 Å². The predicted molar refractivity (Wildman–Crippen MR) is 72.2 cm³/mol. The molecule has 0 heterocycles. The van der Waals surface area contributed by atoms with Crippen LogP contribution in [-0.4, -0.2) is 0 Å². The molecule has 0 aliphatic heterocycles. The van der Waals surface area contributed by atoms with Crippen molar-refractivity contribution in [2.75, 3.05) is 0 Å². The molecule has 1 aromatic carbocycles. The van der Waals surface area contributed by atoms with Gasteiger partial charge in [0.1, 0.15) is 11.5 Å². The monoisotopic (exact) mass is 228 g/mol. The lowest BCUT2D eigenvalue weighted by Gasteiger charge is -2.20. The molecule has 0 unspecified atom stereocenters. The van der Waals surface area contributed by atoms with E-state index in [2.05, 4.69) is 51.1 Å². The van der Waals surface area contributed by atoms with Crippen LogP contribution in [0.3, 0.4) is 0 Å². The van der Waals surface area contributed by atoms with Gasteiger partial charge in [0.15, 0.2) is 0 Å². The molecule has 0 saturated heterocycles. The highest BCUT2D eigenvalue weighted by Crippen LogP contribution is 2.27. The van der Waals surface area contributed by atoms with E-state index in [0.717, 1.165) is 24.4 Å². The zero-order valence-corrected chi connectivity index (χ0v) is 10.9. The van der Waals surface area contributed by atoms with E-state index < -0.39 is 0 Å². The van der Waals surface area contributed by atoms with E-state index in [0.29, 0.717) is 0 Å². The summed E-state index contributed by atoms with van der Waals surface area (Å²) in [4.78, 5) is 0. The van der Waals surface area contributed by atoms with Crippen molar-refractivity contribution in [1.82, 2.24) is 0 Å². The smallest absolute Gasteiger partial charge is 0.127 e. The number of benzene rings is 1. The first-order valence-electron chi connectivity index (χ1n) is 6.21. The molecule has 0 bridgehead atoms. The van der Waals surface area contributed by atoms with Gasteiger partial charge in [-0.2, -0.15) is 0 Å². The zero-order chi connectivity index (χ0) is 12.3. The summed E-state index contributed by atoms with van der Waals surface area (Å²) in [6.07, 6.45) is 8.54. The van der Waals surface area contributed by atoms with E-state index in [1.165, 1.54) is 5.56 Å². The molecule has 0 N–H and O–H groups in total. The molecule has 0 fully saturated rings. The fourth-order valence-corrected chi connectivity index (χ4v) is 1.83. The van der Waals surface area contributed by atoms with Gasteiger partial charge in [-0.3, -0.25) is 0 Å². The maximum atomic E-state index is 5.87. The molecule has 1 heteroatoms. The maximum absolute atomic E-state index is 5.87. The molecular formula is C16H20O. The van der Waals surface area contributed by atoms with Crippen LogP contribution in [-0.2, 0) is 5.41 Å². The molecule has 2 rings (SSSR count). The van der Waals surface area contributed by atoms with Crippen LogP contribution in [0.5, 0.6) is 5.75 Å². The Morgan fingerprint density at radius 3 is 2.59 bits per heavy atom. The van der Waals surface area contributed by atoms with E-state index >= 15 is 0 Å². The lowest BCUT2D eigenvalue weighted by molar-refractivity contribution is 0.436. The largest absolute Gasteiger partial charge is 0.458 e. The fourth-order valence-electron chi connectivity index (χ4n) is 1.83. The first-order valence-corrected chi connectivity index (χ1v) is 6.21. The average molecular weight is 228 g/mol. The Hall–Kier alpha value is -1.50. The number of hydrogen-bond acceptors (Lipinski definition) is 1. The molecule has 1 aliphatic carbocycles. The van der Waals surface area contributed by atoms with Crippen molar-refractivity contribution in [2.45, 2.75) is 39.0 Å². The van der Waals surface area contributed by atoms with Crippen LogP contribution in [0.2, 0.25) is 0 Å². The number of ether oxygens (including phenoxy) is 1. The third kappa shape index (κ3) is 3.23. The SMILES string of the molecule is CC(C)(C)c1cccc(OC2=CCCC=C2)c1. The van der Waals surface area contributed by atoms with Gasteiger partial charge in [0.25, 0.3) is 0 Å². The van der Waals surface area contributed by atoms with Crippen molar-refractivity contribution in [2.24, 2.45) is 0 Å². The van der Waals surface area contributed by atoms with Crippen molar-refractivity contribution >= 4 is 0 Å². The van der Waals surface area contributed by atoms with Crippen LogP contribution in [0.4, 0.5) is 0 Å². The van der Waals surface area contributed by atoms with Crippen LogP contribution in [0, 0.1) is 0 Å². The van der Waals surface area contributed by atoms with Gasteiger partial charge in [-0.05, 0) is 48.1 Å². The van der Waals surface area contributed by atoms with Crippen LogP contribution in [0.1, 0.15) is 39.2 Å². The second kappa shape index (κ2) is 4.79. The molecule has 1 aliphatic rings. The molecule has 0 atom stereocenters. The van der Waals surface area contributed by atoms with E-state index in [9.17, 15) is 0 Å². The summed E-state index contributed by atoms with van der Waals surface area (Å²) in [7, 11) is 0. The molecule has 0 aromatic heterocycles. The van der Waals surface area contributed by atoms with Gasteiger partial charge in [0.05, 0.1) is 0 Å². The Kier molecular flexibility index (Phi) is 3.37. The third-order valence-electron chi connectivity index (χ3n) is 2.90. The molecule has 0 radical (unpaired) electrons. The normalized spacial score (nSPS) is 15.6. The van der Waals surface area contributed by atoms with Gasteiger partial charge in [-0.1, -0.05) is 39.0 Å².